The third kappa shape index (κ3) is 3.03. The number of unbranched alkanes of at least 4 members (excludes halogenated alkanes) is 1. The molecule has 0 atom stereocenters. The van der Waals surface area contributed by atoms with Crippen molar-refractivity contribution in [3.63, 3.8) is 0 Å². The second kappa shape index (κ2) is 5.55. The van der Waals surface area contributed by atoms with E-state index in [1.54, 1.807) is 0 Å². The highest BCUT2D eigenvalue weighted by Crippen LogP contribution is 2.10. The third-order valence-electron chi connectivity index (χ3n) is 1.98. The highest BCUT2D eigenvalue weighted by molar-refractivity contribution is 5.53. The van der Waals surface area contributed by atoms with Gasteiger partial charge in [-0.1, -0.05) is 49.8 Å². The molecule has 0 bridgehead atoms. The van der Waals surface area contributed by atoms with E-state index in [0.717, 1.165) is 24.0 Å². The van der Waals surface area contributed by atoms with Gasteiger partial charge in [0.25, 0.3) is 0 Å². The van der Waals surface area contributed by atoms with Crippen molar-refractivity contribution in [1.29, 1.82) is 0 Å². The fraction of sp³-hybridized carbons (Fsp3) is 0.333. The molecule has 1 heteroatoms. The SMILES string of the molecule is CCC/C=C\c1ccccc1CO. The van der Waals surface area contributed by atoms with Gasteiger partial charge in [0, 0.05) is 0 Å². The van der Waals surface area contributed by atoms with E-state index < -0.39 is 0 Å². The molecule has 0 saturated heterocycles. The highest BCUT2D eigenvalue weighted by atomic mass is 16.3. The monoisotopic (exact) mass is 176 g/mol. The molecule has 0 fully saturated rings. The molecule has 1 aromatic rings. The van der Waals surface area contributed by atoms with Crippen LogP contribution in [0.25, 0.3) is 6.08 Å². The average molecular weight is 176 g/mol. The normalized spacial score (nSPS) is 10.9. The number of rotatable bonds is 4. The molecule has 1 nitrogen and oxygen atoms in total. The zero-order chi connectivity index (χ0) is 9.52. The average Bonchev–Trinajstić information content (AvgIpc) is 2.19. The Labute approximate surface area is 79.7 Å². The van der Waals surface area contributed by atoms with Gasteiger partial charge in [-0.3, -0.25) is 0 Å². The number of benzene rings is 1. The van der Waals surface area contributed by atoms with E-state index in [9.17, 15) is 0 Å². The van der Waals surface area contributed by atoms with Crippen LogP contribution in [0.5, 0.6) is 0 Å². The summed E-state index contributed by atoms with van der Waals surface area (Å²) in [5.41, 5.74) is 2.12. The van der Waals surface area contributed by atoms with Crippen molar-refractivity contribution in [3.05, 3.63) is 41.5 Å². The Morgan fingerprint density at radius 2 is 2.08 bits per heavy atom. The van der Waals surface area contributed by atoms with Crippen molar-refractivity contribution in [1.82, 2.24) is 0 Å². The summed E-state index contributed by atoms with van der Waals surface area (Å²) < 4.78 is 0. The van der Waals surface area contributed by atoms with Crippen molar-refractivity contribution in [3.8, 4) is 0 Å². The molecule has 0 spiro atoms. The molecule has 0 aliphatic carbocycles. The molecular weight excluding hydrogens is 160 g/mol. The summed E-state index contributed by atoms with van der Waals surface area (Å²) in [7, 11) is 0. The van der Waals surface area contributed by atoms with Crippen molar-refractivity contribution in [2.24, 2.45) is 0 Å². The zero-order valence-electron chi connectivity index (χ0n) is 8.03. The van der Waals surface area contributed by atoms with E-state index in [1.165, 1.54) is 0 Å². The van der Waals surface area contributed by atoms with Crippen LogP contribution in [0.3, 0.4) is 0 Å². The van der Waals surface area contributed by atoms with Crippen molar-refractivity contribution in [2.75, 3.05) is 0 Å². The first-order chi connectivity index (χ1) is 6.38. The Morgan fingerprint density at radius 1 is 1.31 bits per heavy atom. The van der Waals surface area contributed by atoms with E-state index in [-0.39, 0.29) is 6.61 Å². The predicted octanol–water partition coefficient (Wildman–Crippen LogP) is 2.99. The van der Waals surface area contributed by atoms with Crippen molar-refractivity contribution >= 4 is 6.08 Å². The molecule has 0 aromatic heterocycles. The minimum atomic E-state index is 0.118. The van der Waals surface area contributed by atoms with Crippen LogP contribution in [0.1, 0.15) is 30.9 Å². The van der Waals surface area contributed by atoms with Gasteiger partial charge in [0.2, 0.25) is 0 Å². The number of aliphatic hydroxyl groups excluding tert-OH is 1. The van der Waals surface area contributed by atoms with Gasteiger partial charge >= 0.3 is 0 Å². The maximum Gasteiger partial charge on any atom is 0.0687 e. The first kappa shape index (κ1) is 10.0. The lowest BCUT2D eigenvalue weighted by molar-refractivity contribution is 0.281. The maximum atomic E-state index is 9.04. The van der Waals surface area contributed by atoms with Gasteiger partial charge < -0.3 is 5.11 Å². The first-order valence-corrected chi connectivity index (χ1v) is 4.73. The standard InChI is InChI=1S/C12H16O/c1-2-3-4-7-11-8-5-6-9-12(11)10-13/h4-9,13H,2-3,10H2,1H3/b7-4-. The molecule has 0 saturated carbocycles. The molecule has 0 aliphatic heterocycles. The quantitative estimate of drug-likeness (QED) is 0.747. The summed E-state index contributed by atoms with van der Waals surface area (Å²) in [5.74, 6) is 0. The molecular formula is C12H16O. The van der Waals surface area contributed by atoms with Crippen molar-refractivity contribution in [2.45, 2.75) is 26.4 Å². The van der Waals surface area contributed by atoms with Crippen LogP contribution in [-0.2, 0) is 6.61 Å². The fourth-order valence-corrected chi connectivity index (χ4v) is 1.22. The topological polar surface area (TPSA) is 20.2 Å². The molecule has 1 aromatic carbocycles. The minimum absolute atomic E-state index is 0.118. The zero-order valence-corrected chi connectivity index (χ0v) is 8.03. The van der Waals surface area contributed by atoms with Gasteiger partial charge in [-0.2, -0.15) is 0 Å². The third-order valence-corrected chi connectivity index (χ3v) is 1.98. The second-order valence-electron chi connectivity index (χ2n) is 3.05. The molecule has 70 valence electrons. The van der Waals surface area contributed by atoms with Crippen LogP contribution in [0.2, 0.25) is 0 Å². The minimum Gasteiger partial charge on any atom is -0.392 e. The molecule has 1 rings (SSSR count). The molecule has 0 amide bonds. The van der Waals surface area contributed by atoms with Crippen LogP contribution in [0, 0.1) is 0 Å². The van der Waals surface area contributed by atoms with E-state index >= 15 is 0 Å². The summed E-state index contributed by atoms with van der Waals surface area (Å²) in [4.78, 5) is 0. The van der Waals surface area contributed by atoms with Gasteiger partial charge in [0.1, 0.15) is 0 Å². The number of hydrogen-bond acceptors (Lipinski definition) is 1. The Morgan fingerprint density at radius 3 is 2.77 bits per heavy atom. The van der Waals surface area contributed by atoms with Crippen molar-refractivity contribution < 1.29 is 5.11 Å². The van der Waals surface area contributed by atoms with Crippen LogP contribution in [0.15, 0.2) is 30.3 Å². The second-order valence-corrected chi connectivity index (χ2v) is 3.05. The molecule has 1 N–H and O–H groups in total. The lowest BCUT2D eigenvalue weighted by atomic mass is 10.1. The number of hydrogen-bond donors (Lipinski definition) is 1. The smallest absolute Gasteiger partial charge is 0.0687 e. The summed E-state index contributed by atoms with van der Waals surface area (Å²) in [6, 6.07) is 7.91. The lowest BCUT2D eigenvalue weighted by Gasteiger charge is -2.00. The predicted molar refractivity (Wildman–Crippen MR) is 56.3 cm³/mol. The molecule has 0 unspecified atom stereocenters. The Hall–Kier alpha value is -1.08. The van der Waals surface area contributed by atoms with Gasteiger partial charge in [-0.05, 0) is 17.5 Å². The van der Waals surface area contributed by atoms with Crippen LogP contribution < -0.4 is 0 Å². The Bertz CT molecular complexity index is 276. The van der Waals surface area contributed by atoms with E-state index in [2.05, 4.69) is 19.1 Å². The summed E-state index contributed by atoms with van der Waals surface area (Å²) in [6.07, 6.45) is 6.49. The first-order valence-electron chi connectivity index (χ1n) is 4.73. The summed E-state index contributed by atoms with van der Waals surface area (Å²) in [6.45, 7) is 2.27. The van der Waals surface area contributed by atoms with Crippen LogP contribution in [-0.4, -0.2) is 5.11 Å². The molecule has 13 heavy (non-hydrogen) atoms. The molecule has 0 radical (unpaired) electrons. The summed E-state index contributed by atoms with van der Waals surface area (Å²) >= 11 is 0. The van der Waals surface area contributed by atoms with E-state index in [0.29, 0.717) is 0 Å². The lowest BCUT2D eigenvalue weighted by Crippen LogP contribution is -1.86. The summed E-state index contributed by atoms with van der Waals surface area (Å²) in [5, 5.41) is 9.04. The van der Waals surface area contributed by atoms with Gasteiger partial charge in [-0.15, -0.1) is 0 Å². The van der Waals surface area contributed by atoms with Gasteiger partial charge in [0.15, 0.2) is 0 Å². The molecule has 0 heterocycles. The van der Waals surface area contributed by atoms with Gasteiger partial charge in [-0.25, -0.2) is 0 Å². The van der Waals surface area contributed by atoms with Crippen LogP contribution >= 0.6 is 0 Å². The number of aliphatic hydroxyl groups is 1. The fourth-order valence-electron chi connectivity index (χ4n) is 1.22. The van der Waals surface area contributed by atoms with E-state index in [4.69, 9.17) is 5.11 Å². The largest absolute Gasteiger partial charge is 0.392 e. The Kier molecular flexibility index (Phi) is 4.27. The van der Waals surface area contributed by atoms with Crippen LogP contribution in [0.4, 0.5) is 0 Å². The van der Waals surface area contributed by atoms with Gasteiger partial charge in [0.05, 0.1) is 6.61 Å². The van der Waals surface area contributed by atoms with E-state index in [1.807, 2.05) is 24.3 Å². The Balaban J connectivity index is 2.74. The maximum absolute atomic E-state index is 9.04. The number of allylic oxidation sites excluding steroid dienone is 1. The molecule has 0 aliphatic rings. The highest BCUT2D eigenvalue weighted by Gasteiger charge is 1.94.